The highest BCUT2D eigenvalue weighted by molar-refractivity contribution is 6.11. The van der Waals surface area contributed by atoms with Crippen LogP contribution in [0.2, 0.25) is 0 Å². The summed E-state index contributed by atoms with van der Waals surface area (Å²) in [5.74, 6) is 0. The Labute approximate surface area is 318 Å². The van der Waals surface area contributed by atoms with Crippen molar-refractivity contribution in [1.82, 2.24) is 4.57 Å². The fraction of sp³-hybridized carbons (Fsp3) is 0. The second-order valence-electron chi connectivity index (χ2n) is 14.1. The zero-order chi connectivity index (χ0) is 36.3. The van der Waals surface area contributed by atoms with E-state index in [1.54, 1.807) is 0 Å². The Bertz CT molecular complexity index is 3170. The number of fused-ring (bicyclic) bond motifs is 7. The average Bonchev–Trinajstić information content (AvgIpc) is 3.80. The Morgan fingerprint density at radius 1 is 0.364 bits per heavy atom. The zero-order valence-corrected chi connectivity index (χ0v) is 29.9. The molecule has 0 saturated heterocycles. The molecule has 0 unspecified atom stereocenters. The van der Waals surface area contributed by atoms with Gasteiger partial charge in [-0.25, -0.2) is 0 Å². The van der Waals surface area contributed by atoms with Gasteiger partial charge < -0.3 is 13.9 Å². The number of aromatic nitrogens is 1. The first-order valence-corrected chi connectivity index (χ1v) is 18.8. The predicted molar refractivity (Wildman–Crippen MR) is 231 cm³/mol. The summed E-state index contributed by atoms with van der Waals surface area (Å²) in [6.07, 6.45) is 0. The third-order valence-electron chi connectivity index (χ3n) is 11.0. The molecule has 9 aromatic carbocycles. The second-order valence-corrected chi connectivity index (χ2v) is 14.1. The normalized spacial score (nSPS) is 11.6. The van der Waals surface area contributed by atoms with E-state index in [1.165, 1.54) is 38.1 Å². The van der Waals surface area contributed by atoms with Crippen molar-refractivity contribution < 1.29 is 4.42 Å². The molecule has 11 rings (SSSR count). The number of hydrogen-bond donors (Lipinski definition) is 0. The minimum atomic E-state index is 0.906. The Kier molecular flexibility index (Phi) is 7.17. The first kappa shape index (κ1) is 31.2. The third kappa shape index (κ3) is 5.13. The van der Waals surface area contributed by atoms with E-state index < -0.39 is 0 Å². The van der Waals surface area contributed by atoms with Crippen molar-refractivity contribution in [3.63, 3.8) is 0 Å². The number of benzene rings is 9. The van der Waals surface area contributed by atoms with Crippen molar-refractivity contribution in [2.45, 2.75) is 0 Å². The molecule has 3 nitrogen and oxygen atoms in total. The highest BCUT2D eigenvalue weighted by Crippen LogP contribution is 2.42. The van der Waals surface area contributed by atoms with Crippen molar-refractivity contribution in [2.75, 3.05) is 4.90 Å². The summed E-state index contributed by atoms with van der Waals surface area (Å²) in [7, 11) is 0. The van der Waals surface area contributed by atoms with Crippen LogP contribution in [0.3, 0.4) is 0 Å². The molecule has 0 aliphatic rings. The van der Waals surface area contributed by atoms with Gasteiger partial charge in [0.25, 0.3) is 0 Å². The van der Waals surface area contributed by atoms with Gasteiger partial charge in [0.2, 0.25) is 0 Å². The molecule has 258 valence electrons. The van der Waals surface area contributed by atoms with Crippen LogP contribution in [0.1, 0.15) is 0 Å². The molecule has 0 N–H and O–H groups in total. The molecule has 55 heavy (non-hydrogen) atoms. The van der Waals surface area contributed by atoms with Crippen molar-refractivity contribution in [3.05, 3.63) is 206 Å². The summed E-state index contributed by atoms with van der Waals surface area (Å²) < 4.78 is 8.83. The summed E-state index contributed by atoms with van der Waals surface area (Å²) >= 11 is 0. The van der Waals surface area contributed by atoms with Gasteiger partial charge in [0.1, 0.15) is 11.2 Å². The van der Waals surface area contributed by atoms with Crippen molar-refractivity contribution in [3.8, 4) is 27.9 Å². The average molecular weight is 703 g/mol. The number of furan rings is 1. The quantitative estimate of drug-likeness (QED) is 0.172. The Morgan fingerprint density at radius 2 is 0.964 bits per heavy atom. The molecule has 0 aliphatic carbocycles. The lowest BCUT2D eigenvalue weighted by Gasteiger charge is -2.27. The molecule has 0 fully saturated rings. The van der Waals surface area contributed by atoms with E-state index in [0.29, 0.717) is 0 Å². The highest BCUT2D eigenvalue weighted by Gasteiger charge is 2.19. The summed E-state index contributed by atoms with van der Waals surface area (Å²) in [6.45, 7) is 0. The maximum absolute atomic E-state index is 6.42. The largest absolute Gasteiger partial charge is 0.455 e. The maximum Gasteiger partial charge on any atom is 0.143 e. The number of para-hydroxylation sites is 5. The molecule has 0 atom stereocenters. The van der Waals surface area contributed by atoms with Gasteiger partial charge in [-0.1, -0.05) is 146 Å². The van der Waals surface area contributed by atoms with Crippen molar-refractivity contribution >= 4 is 71.6 Å². The van der Waals surface area contributed by atoms with E-state index in [1.807, 2.05) is 12.1 Å². The van der Waals surface area contributed by atoms with Crippen LogP contribution in [0.5, 0.6) is 0 Å². The zero-order valence-electron chi connectivity index (χ0n) is 29.9. The minimum Gasteiger partial charge on any atom is -0.455 e. The lowest BCUT2D eigenvalue weighted by atomic mass is 10.0. The number of anilines is 3. The van der Waals surface area contributed by atoms with Gasteiger partial charge in [-0.05, 0) is 82.6 Å². The number of rotatable bonds is 6. The molecule has 0 saturated carbocycles. The van der Waals surface area contributed by atoms with E-state index in [9.17, 15) is 0 Å². The van der Waals surface area contributed by atoms with Crippen molar-refractivity contribution in [1.29, 1.82) is 0 Å². The van der Waals surface area contributed by atoms with E-state index in [2.05, 4.69) is 204 Å². The molecule has 0 aliphatic heterocycles. The predicted octanol–water partition coefficient (Wildman–Crippen LogP) is 14.6. The van der Waals surface area contributed by atoms with Crippen molar-refractivity contribution in [2.24, 2.45) is 0 Å². The summed E-state index contributed by atoms with van der Waals surface area (Å²) in [4.78, 5) is 2.37. The monoisotopic (exact) mass is 702 g/mol. The molecule has 0 spiro atoms. The van der Waals surface area contributed by atoms with Crippen LogP contribution in [0, 0.1) is 0 Å². The van der Waals surface area contributed by atoms with E-state index in [-0.39, 0.29) is 0 Å². The van der Waals surface area contributed by atoms with Gasteiger partial charge in [-0.3, -0.25) is 0 Å². The lowest BCUT2D eigenvalue weighted by molar-refractivity contribution is 0.670. The van der Waals surface area contributed by atoms with Gasteiger partial charge in [0, 0.05) is 49.7 Å². The van der Waals surface area contributed by atoms with E-state index >= 15 is 0 Å². The van der Waals surface area contributed by atoms with Crippen LogP contribution in [0.15, 0.2) is 211 Å². The first-order valence-electron chi connectivity index (χ1n) is 18.8. The summed E-state index contributed by atoms with van der Waals surface area (Å²) in [5, 5.41) is 7.19. The SMILES string of the molecule is c1cc(-c2ccccc2-n2c3ccccc3c3ccccc32)cc(N(c2ccc(-c3cccc4c3oc3ccccc34)cc2)c2ccc3ccccc3c2)c1. The van der Waals surface area contributed by atoms with E-state index in [4.69, 9.17) is 4.42 Å². The van der Waals surface area contributed by atoms with Gasteiger partial charge in [-0.2, -0.15) is 0 Å². The van der Waals surface area contributed by atoms with Crippen LogP contribution >= 0.6 is 0 Å². The molecule has 0 amide bonds. The summed E-state index contributed by atoms with van der Waals surface area (Å²) in [5.41, 5.74) is 13.1. The molecule has 3 heteroatoms. The maximum atomic E-state index is 6.42. The van der Waals surface area contributed by atoms with E-state index in [0.717, 1.165) is 61.4 Å². The Balaban J connectivity index is 1.06. The smallest absolute Gasteiger partial charge is 0.143 e. The molecular weight excluding hydrogens is 669 g/mol. The number of nitrogens with zero attached hydrogens (tertiary/aromatic N) is 2. The van der Waals surface area contributed by atoms with Gasteiger partial charge >= 0.3 is 0 Å². The van der Waals surface area contributed by atoms with Crippen LogP contribution in [0.25, 0.3) is 82.5 Å². The van der Waals surface area contributed by atoms with Crippen LogP contribution < -0.4 is 4.90 Å². The van der Waals surface area contributed by atoms with Crippen LogP contribution in [-0.2, 0) is 0 Å². The molecule has 0 radical (unpaired) electrons. The second kappa shape index (κ2) is 12.6. The molecule has 2 heterocycles. The minimum absolute atomic E-state index is 0.906. The Morgan fingerprint density at radius 3 is 1.78 bits per heavy atom. The first-order chi connectivity index (χ1) is 27.3. The molecule has 0 bridgehead atoms. The van der Waals surface area contributed by atoms with Crippen LogP contribution in [-0.4, -0.2) is 4.57 Å². The fourth-order valence-electron chi connectivity index (χ4n) is 8.43. The summed E-state index contributed by atoms with van der Waals surface area (Å²) in [6, 6.07) is 74.0. The Hall–Kier alpha value is -7.36. The third-order valence-corrected chi connectivity index (χ3v) is 11.0. The molecular formula is C52H34N2O. The van der Waals surface area contributed by atoms with Gasteiger partial charge in [0.15, 0.2) is 0 Å². The lowest BCUT2D eigenvalue weighted by Crippen LogP contribution is -2.10. The topological polar surface area (TPSA) is 21.3 Å². The standard InChI is InChI=1S/C52H34N2O/c1-2-14-37-33-41(32-27-35(37)13-1)53(39-30-28-36(29-31-39)43-21-12-22-47-46-20-6-10-26-51(46)55-52(43)47)40-16-11-15-38(34-40)42-17-3-7-23-48(42)54-49-24-8-4-18-44(49)45-19-5-9-25-50(45)54/h1-34H. The van der Waals surface area contributed by atoms with Gasteiger partial charge in [-0.15, -0.1) is 0 Å². The van der Waals surface area contributed by atoms with Gasteiger partial charge in [0.05, 0.1) is 16.7 Å². The molecule has 2 aromatic heterocycles. The fourth-order valence-corrected chi connectivity index (χ4v) is 8.43. The number of hydrogen-bond acceptors (Lipinski definition) is 2. The highest BCUT2D eigenvalue weighted by atomic mass is 16.3. The molecule has 11 aromatic rings. The van der Waals surface area contributed by atoms with Crippen LogP contribution in [0.4, 0.5) is 17.1 Å².